The van der Waals surface area contributed by atoms with E-state index in [-0.39, 0.29) is 0 Å². The lowest BCUT2D eigenvalue weighted by molar-refractivity contribution is -0.130. The van der Waals surface area contributed by atoms with Crippen molar-refractivity contribution in [1.82, 2.24) is 10.2 Å². The fourth-order valence-electron chi connectivity index (χ4n) is 1.86. The van der Waals surface area contributed by atoms with Crippen LogP contribution in [0.25, 0.3) is 0 Å². The lowest BCUT2D eigenvalue weighted by Gasteiger charge is -2.20. The van der Waals surface area contributed by atoms with E-state index >= 15 is 0 Å². The second kappa shape index (κ2) is 6.02. The molecule has 1 amide bonds. The number of amides is 1. The Morgan fingerprint density at radius 2 is 2.29 bits per heavy atom. The third-order valence-corrected chi connectivity index (χ3v) is 2.95. The van der Waals surface area contributed by atoms with Gasteiger partial charge in [0.05, 0.1) is 0 Å². The molecule has 0 bridgehead atoms. The van der Waals surface area contributed by atoms with Crippen molar-refractivity contribution in [1.29, 1.82) is 0 Å². The number of nitrogens with zero attached hydrogens (tertiary/aromatic N) is 1. The van der Waals surface area contributed by atoms with Crippen molar-refractivity contribution in [2.75, 3.05) is 26.7 Å². The van der Waals surface area contributed by atoms with Gasteiger partial charge in [-0.25, -0.2) is 0 Å². The molecule has 0 saturated carbocycles. The fraction of sp³-hybridized carbons (Fsp3) is 0.909. The number of carbonyl (C=O) groups excluding carboxylic acids is 1. The van der Waals surface area contributed by atoms with Crippen molar-refractivity contribution in [3.8, 4) is 0 Å². The van der Waals surface area contributed by atoms with E-state index in [0.717, 1.165) is 38.9 Å². The number of nitrogens with one attached hydrogen (secondary N) is 1. The zero-order chi connectivity index (χ0) is 10.4. The fourth-order valence-corrected chi connectivity index (χ4v) is 1.86. The molecule has 1 unspecified atom stereocenters. The zero-order valence-electron chi connectivity index (χ0n) is 9.38. The number of carbonyl (C=O) groups is 1. The topological polar surface area (TPSA) is 32.3 Å². The molecule has 1 N–H and O–H groups in total. The van der Waals surface area contributed by atoms with Crippen molar-refractivity contribution < 1.29 is 4.79 Å². The standard InChI is InChI=1S/C11H22N2O/c1-10-4-5-11(14)13(9-6-10)8-3-7-12-2/h10,12H,3-9H2,1-2H3. The normalized spacial score (nSPS) is 23.7. The average Bonchev–Trinajstić information content (AvgIpc) is 2.33. The second-order valence-corrected chi connectivity index (χ2v) is 4.27. The zero-order valence-corrected chi connectivity index (χ0v) is 9.38. The molecule has 0 aromatic rings. The number of hydrogen-bond donors (Lipinski definition) is 1. The van der Waals surface area contributed by atoms with Gasteiger partial charge >= 0.3 is 0 Å². The van der Waals surface area contributed by atoms with E-state index in [1.807, 2.05) is 11.9 Å². The van der Waals surface area contributed by atoms with Gasteiger partial charge in [0.1, 0.15) is 0 Å². The summed E-state index contributed by atoms with van der Waals surface area (Å²) >= 11 is 0. The Bertz CT molecular complexity index is 182. The van der Waals surface area contributed by atoms with Gasteiger partial charge in [-0.05, 0) is 38.8 Å². The van der Waals surface area contributed by atoms with E-state index < -0.39 is 0 Å². The summed E-state index contributed by atoms with van der Waals surface area (Å²) in [6.45, 7) is 5.12. The lowest BCUT2D eigenvalue weighted by Crippen LogP contribution is -2.32. The second-order valence-electron chi connectivity index (χ2n) is 4.27. The summed E-state index contributed by atoms with van der Waals surface area (Å²) < 4.78 is 0. The van der Waals surface area contributed by atoms with Crippen LogP contribution in [0.1, 0.15) is 32.6 Å². The number of rotatable bonds is 4. The van der Waals surface area contributed by atoms with Gasteiger partial charge in [-0.15, -0.1) is 0 Å². The molecule has 1 fully saturated rings. The Balaban J connectivity index is 2.30. The lowest BCUT2D eigenvalue weighted by atomic mass is 10.0. The van der Waals surface area contributed by atoms with Crippen molar-refractivity contribution >= 4 is 5.91 Å². The summed E-state index contributed by atoms with van der Waals surface area (Å²) in [6.07, 6.45) is 4.06. The van der Waals surface area contributed by atoms with E-state index in [9.17, 15) is 4.79 Å². The summed E-state index contributed by atoms with van der Waals surface area (Å²) in [5.74, 6) is 1.07. The van der Waals surface area contributed by atoms with Crippen LogP contribution in [0.5, 0.6) is 0 Å². The van der Waals surface area contributed by atoms with Gasteiger partial charge in [0.15, 0.2) is 0 Å². The van der Waals surface area contributed by atoms with Crippen LogP contribution in [0.15, 0.2) is 0 Å². The van der Waals surface area contributed by atoms with E-state index in [4.69, 9.17) is 0 Å². The Hall–Kier alpha value is -0.570. The minimum atomic E-state index is 0.352. The molecule has 0 radical (unpaired) electrons. The number of hydrogen-bond acceptors (Lipinski definition) is 2. The van der Waals surface area contributed by atoms with Gasteiger partial charge in [-0.3, -0.25) is 4.79 Å². The van der Waals surface area contributed by atoms with Crippen LogP contribution in [0.4, 0.5) is 0 Å². The van der Waals surface area contributed by atoms with Gasteiger partial charge in [0.25, 0.3) is 0 Å². The van der Waals surface area contributed by atoms with E-state index in [1.165, 1.54) is 6.42 Å². The molecule has 82 valence electrons. The molecular formula is C11H22N2O. The van der Waals surface area contributed by atoms with Crippen LogP contribution < -0.4 is 5.32 Å². The van der Waals surface area contributed by atoms with E-state index in [2.05, 4.69) is 12.2 Å². The van der Waals surface area contributed by atoms with Crippen LogP contribution in [0, 0.1) is 5.92 Å². The quantitative estimate of drug-likeness (QED) is 0.689. The molecule has 1 saturated heterocycles. The van der Waals surface area contributed by atoms with Crippen LogP contribution >= 0.6 is 0 Å². The molecule has 1 aliphatic rings. The molecule has 1 rings (SSSR count). The predicted octanol–water partition coefficient (Wildman–Crippen LogP) is 1.24. The Morgan fingerprint density at radius 1 is 1.50 bits per heavy atom. The van der Waals surface area contributed by atoms with Crippen LogP contribution in [0.3, 0.4) is 0 Å². The molecule has 14 heavy (non-hydrogen) atoms. The monoisotopic (exact) mass is 198 g/mol. The van der Waals surface area contributed by atoms with E-state index in [1.54, 1.807) is 0 Å². The molecular weight excluding hydrogens is 176 g/mol. The van der Waals surface area contributed by atoms with Crippen molar-refractivity contribution in [2.45, 2.75) is 32.6 Å². The van der Waals surface area contributed by atoms with Gasteiger partial charge < -0.3 is 10.2 Å². The maximum atomic E-state index is 11.7. The summed E-state index contributed by atoms with van der Waals surface area (Å²) in [4.78, 5) is 13.7. The molecule has 0 spiro atoms. The van der Waals surface area contributed by atoms with E-state index in [0.29, 0.717) is 11.8 Å². The summed E-state index contributed by atoms with van der Waals surface area (Å²) in [6, 6.07) is 0. The SMILES string of the molecule is CNCCCN1CCC(C)CCC1=O. The largest absolute Gasteiger partial charge is 0.343 e. The summed E-state index contributed by atoms with van der Waals surface area (Å²) in [5.41, 5.74) is 0. The molecule has 0 aliphatic carbocycles. The van der Waals surface area contributed by atoms with Gasteiger partial charge in [0.2, 0.25) is 5.91 Å². The first-order chi connectivity index (χ1) is 6.74. The molecule has 1 aliphatic heterocycles. The highest BCUT2D eigenvalue weighted by molar-refractivity contribution is 5.76. The minimum Gasteiger partial charge on any atom is -0.343 e. The molecule has 0 aromatic carbocycles. The first-order valence-electron chi connectivity index (χ1n) is 5.66. The first-order valence-corrected chi connectivity index (χ1v) is 5.66. The van der Waals surface area contributed by atoms with Gasteiger partial charge in [-0.1, -0.05) is 6.92 Å². The third-order valence-electron chi connectivity index (χ3n) is 2.95. The highest BCUT2D eigenvalue weighted by Crippen LogP contribution is 2.17. The first kappa shape index (κ1) is 11.5. The number of likely N-dealkylation sites (tertiary alicyclic amines) is 1. The molecule has 3 nitrogen and oxygen atoms in total. The third kappa shape index (κ3) is 3.66. The van der Waals surface area contributed by atoms with Gasteiger partial charge in [-0.2, -0.15) is 0 Å². The Kier molecular flexibility index (Phi) is 4.94. The highest BCUT2D eigenvalue weighted by atomic mass is 16.2. The minimum absolute atomic E-state index is 0.352. The molecule has 1 heterocycles. The molecule has 3 heteroatoms. The maximum Gasteiger partial charge on any atom is 0.222 e. The predicted molar refractivity (Wildman–Crippen MR) is 58.1 cm³/mol. The van der Waals surface area contributed by atoms with Crippen LogP contribution in [-0.2, 0) is 4.79 Å². The van der Waals surface area contributed by atoms with Crippen LogP contribution in [0.2, 0.25) is 0 Å². The summed E-state index contributed by atoms with van der Waals surface area (Å²) in [7, 11) is 1.95. The van der Waals surface area contributed by atoms with Crippen molar-refractivity contribution in [2.24, 2.45) is 5.92 Å². The smallest absolute Gasteiger partial charge is 0.222 e. The maximum absolute atomic E-state index is 11.7. The average molecular weight is 198 g/mol. The highest BCUT2D eigenvalue weighted by Gasteiger charge is 2.19. The summed E-state index contributed by atoms with van der Waals surface area (Å²) in [5, 5.41) is 3.11. The Morgan fingerprint density at radius 3 is 3.00 bits per heavy atom. The molecule has 1 atom stereocenters. The molecule has 0 aromatic heterocycles. The van der Waals surface area contributed by atoms with Crippen molar-refractivity contribution in [3.05, 3.63) is 0 Å². The Labute approximate surface area is 86.9 Å². The van der Waals surface area contributed by atoms with Gasteiger partial charge in [0, 0.05) is 19.5 Å². The van der Waals surface area contributed by atoms with Crippen molar-refractivity contribution in [3.63, 3.8) is 0 Å². The van der Waals surface area contributed by atoms with Crippen LogP contribution in [-0.4, -0.2) is 37.5 Å².